The first kappa shape index (κ1) is 12.9. The van der Waals surface area contributed by atoms with Crippen molar-refractivity contribution in [2.45, 2.75) is 13.8 Å². The van der Waals surface area contributed by atoms with Gasteiger partial charge in [-0.3, -0.25) is 4.98 Å². The molecule has 0 unspecified atom stereocenters. The number of nitrogens with one attached hydrogen (secondary N) is 1. The standard InChI is InChI=1S/C16H18N4/c1-11-3-4-14-15(12(11)2)19-10-13(9-17)16(14)20-7-5-18-6-8-20/h3-4,10,18H,5-8H2,1-2H3. The number of hydrogen-bond acceptors (Lipinski definition) is 4. The quantitative estimate of drug-likeness (QED) is 0.859. The molecule has 0 aliphatic carbocycles. The summed E-state index contributed by atoms with van der Waals surface area (Å²) >= 11 is 0. The van der Waals surface area contributed by atoms with Crippen LogP contribution in [0.4, 0.5) is 5.69 Å². The predicted molar refractivity (Wildman–Crippen MR) is 81.0 cm³/mol. The maximum atomic E-state index is 9.40. The number of pyridine rings is 1. The number of nitrogens with zero attached hydrogens (tertiary/aromatic N) is 3. The fourth-order valence-corrected chi connectivity index (χ4v) is 2.80. The van der Waals surface area contributed by atoms with E-state index in [2.05, 4.69) is 47.3 Å². The number of anilines is 1. The van der Waals surface area contributed by atoms with Crippen LogP contribution in [0.3, 0.4) is 0 Å². The molecule has 0 amide bonds. The molecule has 0 radical (unpaired) electrons. The summed E-state index contributed by atoms with van der Waals surface area (Å²) in [7, 11) is 0. The van der Waals surface area contributed by atoms with Crippen LogP contribution in [-0.4, -0.2) is 31.2 Å². The molecule has 1 saturated heterocycles. The van der Waals surface area contributed by atoms with Gasteiger partial charge in [-0.1, -0.05) is 12.1 Å². The normalized spacial score (nSPS) is 15.3. The van der Waals surface area contributed by atoms with Gasteiger partial charge in [0.25, 0.3) is 0 Å². The van der Waals surface area contributed by atoms with Gasteiger partial charge in [0.1, 0.15) is 6.07 Å². The van der Waals surface area contributed by atoms with Crippen molar-refractivity contribution < 1.29 is 0 Å². The van der Waals surface area contributed by atoms with Crippen molar-refractivity contribution >= 4 is 16.6 Å². The minimum absolute atomic E-state index is 0.669. The Hall–Kier alpha value is -2.12. The Bertz CT molecular complexity index is 694. The highest BCUT2D eigenvalue weighted by molar-refractivity contribution is 5.96. The third-order valence-corrected chi connectivity index (χ3v) is 4.09. The number of benzene rings is 1. The Morgan fingerprint density at radius 2 is 2.00 bits per heavy atom. The van der Waals surface area contributed by atoms with Crippen LogP contribution in [0.1, 0.15) is 16.7 Å². The van der Waals surface area contributed by atoms with Gasteiger partial charge in [-0.25, -0.2) is 0 Å². The van der Waals surface area contributed by atoms with Crippen molar-refractivity contribution in [3.05, 3.63) is 35.0 Å². The summed E-state index contributed by atoms with van der Waals surface area (Å²) in [6.45, 7) is 7.97. The summed E-state index contributed by atoms with van der Waals surface area (Å²) in [5.41, 5.74) is 5.16. The number of aryl methyl sites for hydroxylation is 2. The van der Waals surface area contributed by atoms with E-state index in [9.17, 15) is 5.26 Å². The average molecular weight is 266 g/mol. The number of aromatic nitrogens is 1. The highest BCUT2D eigenvalue weighted by Crippen LogP contribution is 2.32. The fraction of sp³-hybridized carbons (Fsp3) is 0.375. The van der Waals surface area contributed by atoms with Gasteiger partial charge in [-0.2, -0.15) is 5.26 Å². The number of fused-ring (bicyclic) bond motifs is 1. The van der Waals surface area contributed by atoms with Gasteiger partial charge < -0.3 is 10.2 Å². The number of piperazine rings is 1. The molecule has 2 aromatic rings. The first-order chi connectivity index (χ1) is 9.72. The van der Waals surface area contributed by atoms with Crippen LogP contribution < -0.4 is 10.2 Å². The van der Waals surface area contributed by atoms with Gasteiger partial charge >= 0.3 is 0 Å². The minimum atomic E-state index is 0.669. The van der Waals surface area contributed by atoms with Crippen molar-refractivity contribution in [1.82, 2.24) is 10.3 Å². The van der Waals surface area contributed by atoms with Crippen LogP contribution in [-0.2, 0) is 0 Å². The lowest BCUT2D eigenvalue weighted by Crippen LogP contribution is -2.44. The smallest absolute Gasteiger partial charge is 0.103 e. The van der Waals surface area contributed by atoms with E-state index >= 15 is 0 Å². The van der Waals surface area contributed by atoms with Gasteiger partial charge in [0.05, 0.1) is 16.8 Å². The first-order valence-corrected chi connectivity index (χ1v) is 6.97. The molecule has 1 N–H and O–H groups in total. The lowest BCUT2D eigenvalue weighted by molar-refractivity contribution is 0.590. The van der Waals surface area contributed by atoms with Crippen molar-refractivity contribution in [2.24, 2.45) is 0 Å². The summed E-state index contributed by atoms with van der Waals surface area (Å²) in [6, 6.07) is 6.51. The molecule has 20 heavy (non-hydrogen) atoms. The van der Waals surface area contributed by atoms with Crippen LogP contribution in [0, 0.1) is 25.2 Å². The molecule has 1 aliphatic heterocycles. The van der Waals surface area contributed by atoms with Gasteiger partial charge in [0.15, 0.2) is 0 Å². The SMILES string of the molecule is Cc1ccc2c(N3CCNCC3)c(C#N)cnc2c1C. The lowest BCUT2D eigenvalue weighted by atomic mass is 10.0. The third-order valence-electron chi connectivity index (χ3n) is 4.09. The van der Waals surface area contributed by atoms with E-state index in [1.54, 1.807) is 6.20 Å². The Morgan fingerprint density at radius 1 is 1.25 bits per heavy atom. The van der Waals surface area contributed by atoms with Crippen molar-refractivity contribution in [3.63, 3.8) is 0 Å². The number of rotatable bonds is 1. The molecule has 1 aromatic heterocycles. The Kier molecular flexibility index (Phi) is 3.29. The predicted octanol–water partition coefficient (Wildman–Crippen LogP) is 2.13. The van der Waals surface area contributed by atoms with E-state index in [0.29, 0.717) is 5.56 Å². The van der Waals surface area contributed by atoms with Crippen molar-refractivity contribution in [2.75, 3.05) is 31.1 Å². The Balaban J connectivity index is 2.26. The molecule has 0 spiro atoms. The molecule has 2 heterocycles. The second-order valence-electron chi connectivity index (χ2n) is 5.27. The molecule has 1 fully saturated rings. The maximum Gasteiger partial charge on any atom is 0.103 e. The highest BCUT2D eigenvalue weighted by atomic mass is 15.2. The maximum absolute atomic E-state index is 9.40. The first-order valence-electron chi connectivity index (χ1n) is 6.97. The molecule has 102 valence electrons. The molecule has 0 atom stereocenters. The van der Waals surface area contributed by atoms with Gasteiger partial charge in [-0.15, -0.1) is 0 Å². The van der Waals surface area contributed by atoms with Crippen LogP contribution >= 0.6 is 0 Å². The monoisotopic (exact) mass is 266 g/mol. The minimum Gasteiger partial charge on any atom is -0.367 e. The van der Waals surface area contributed by atoms with E-state index in [4.69, 9.17) is 0 Å². The number of nitriles is 1. The summed E-state index contributed by atoms with van der Waals surface area (Å²) in [6.07, 6.45) is 1.71. The highest BCUT2D eigenvalue weighted by Gasteiger charge is 2.18. The molecular weight excluding hydrogens is 248 g/mol. The zero-order chi connectivity index (χ0) is 14.1. The largest absolute Gasteiger partial charge is 0.367 e. The van der Waals surface area contributed by atoms with Crippen LogP contribution in [0.25, 0.3) is 10.9 Å². The van der Waals surface area contributed by atoms with E-state index in [1.807, 2.05) is 0 Å². The van der Waals surface area contributed by atoms with Crippen molar-refractivity contribution in [3.8, 4) is 6.07 Å². The summed E-state index contributed by atoms with van der Waals surface area (Å²) in [5.74, 6) is 0. The second-order valence-corrected chi connectivity index (χ2v) is 5.27. The van der Waals surface area contributed by atoms with Crippen molar-refractivity contribution in [1.29, 1.82) is 5.26 Å². The Labute approximate surface area is 119 Å². The second kappa shape index (κ2) is 5.10. The molecule has 0 bridgehead atoms. The lowest BCUT2D eigenvalue weighted by Gasteiger charge is -2.31. The van der Waals surface area contributed by atoms with Gasteiger partial charge in [0.2, 0.25) is 0 Å². The molecule has 3 rings (SSSR count). The van der Waals surface area contributed by atoms with Crippen LogP contribution in [0.2, 0.25) is 0 Å². The summed E-state index contributed by atoms with van der Waals surface area (Å²) in [4.78, 5) is 6.80. The van der Waals surface area contributed by atoms with Gasteiger partial charge in [0, 0.05) is 37.8 Å². The van der Waals surface area contributed by atoms with E-state index in [-0.39, 0.29) is 0 Å². The Morgan fingerprint density at radius 3 is 2.70 bits per heavy atom. The zero-order valence-electron chi connectivity index (χ0n) is 11.9. The third kappa shape index (κ3) is 2.00. The zero-order valence-corrected chi connectivity index (χ0v) is 11.9. The topological polar surface area (TPSA) is 52.0 Å². The number of hydrogen-bond donors (Lipinski definition) is 1. The molecule has 4 nitrogen and oxygen atoms in total. The van der Waals surface area contributed by atoms with Gasteiger partial charge in [-0.05, 0) is 25.0 Å². The van der Waals surface area contributed by atoms with E-state index < -0.39 is 0 Å². The van der Waals surface area contributed by atoms with Crippen LogP contribution in [0.5, 0.6) is 0 Å². The summed E-state index contributed by atoms with van der Waals surface area (Å²) in [5, 5.41) is 13.8. The summed E-state index contributed by atoms with van der Waals surface area (Å²) < 4.78 is 0. The fourth-order valence-electron chi connectivity index (χ4n) is 2.80. The average Bonchev–Trinajstić information content (AvgIpc) is 2.50. The molecular formula is C16H18N4. The molecule has 1 aliphatic rings. The van der Waals surface area contributed by atoms with E-state index in [0.717, 1.165) is 42.8 Å². The van der Waals surface area contributed by atoms with Crippen LogP contribution in [0.15, 0.2) is 18.3 Å². The van der Waals surface area contributed by atoms with E-state index in [1.165, 1.54) is 11.1 Å². The molecule has 0 saturated carbocycles. The molecule has 4 heteroatoms. The molecule has 1 aromatic carbocycles.